The van der Waals surface area contributed by atoms with Gasteiger partial charge in [-0.2, -0.15) is 5.26 Å². The van der Waals surface area contributed by atoms with Gasteiger partial charge in [-0.1, -0.05) is 35.4 Å². The number of hydrogen-bond acceptors (Lipinski definition) is 2. The first-order valence-electron chi connectivity index (χ1n) is 7.28. The van der Waals surface area contributed by atoms with Gasteiger partial charge in [0, 0.05) is 11.3 Å². The first kappa shape index (κ1) is 17.7. The van der Waals surface area contributed by atoms with E-state index in [1.54, 1.807) is 6.07 Å². The molecule has 5 heteroatoms. The fourth-order valence-electron chi connectivity index (χ4n) is 2.50. The van der Waals surface area contributed by atoms with Gasteiger partial charge in [-0.05, 0) is 50.1 Å². The number of aryl methyl sites for hydroxylation is 3. The van der Waals surface area contributed by atoms with Crippen molar-refractivity contribution < 1.29 is 9.18 Å². The molecule has 0 unspecified atom stereocenters. The summed E-state index contributed by atoms with van der Waals surface area (Å²) in [6.07, 6.45) is 1.16. The molecule has 0 aliphatic heterocycles. The smallest absolute Gasteiger partial charge is 0.266 e. The number of carbonyl (C=O) groups excluding carboxylic acids is 1. The van der Waals surface area contributed by atoms with Crippen LogP contribution in [0.2, 0.25) is 5.02 Å². The summed E-state index contributed by atoms with van der Waals surface area (Å²) in [5, 5.41) is 12.1. The summed E-state index contributed by atoms with van der Waals surface area (Å²) in [6.45, 7) is 5.71. The molecule has 0 fully saturated rings. The molecule has 1 amide bonds. The van der Waals surface area contributed by atoms with Gasteiger partial charge in [-0.15, -0.1) is 0 Å². The van der Waals surface area contributed by atoms with Crippen molar-refractivity contribution in [3.8, 4) is 6.07 Å². The van der Waals surface area contributed by atoms with Crippen LogP contribution in [0.1, 0.15) is 22.3 Å². The number of hydrogen-bond donors (Lipinski definition) is 1. The third kappa shape index (κ3) is 3.81. The first-order valence-corrected chi connectivity index (χ1v) is 7.66. The maximum absolute atomic E-state index is 13.8. The number of carbonyl (C=O) groups is 1. The second-order valence-electron chi connectivity index (χ2n) is 5.53. The fourth-order valence-corrected chi connectivity index (χ4v) is 2.72. The maximum atomic E-state index is 13.8. The number of benzene rings is 2. The minimum absolute atomic E-state index is 0.0169. The van der Waals surface area contributed by atoms with Crippen molar-refractivity contribution in [1.29, 1.82) is 5.26 Å². The molecule has 0 spiro atoms. The number of halogens is 2. The fraction of sp³-hybridized carbons (Fsp3) is 0.158. The SMILES string of the molecule is Cc1cc(C)c(NC(=O)/C(C#N)=C/c2c(F)cccc2Cl)c(C)c1. The summed E-state index contributed by atoms with van der Waals surface area (Å²) < 4.78 is 13.8. The van der Waals surface area contributed by atoms with E-state index in [0.29, 0.717) is 5.69 Å². The lowest BCUT2D eigenvalue weighted by Gasteiger charge is -2.12. The Morgan fingerprint density at radius 2 is 1.88 bits per heavy atom. The molecule has 0 bridgehead atoms. The standard InChI is InChI=1S/C19H16ClFN2O/c1-11-7-12(2)18(13(3)8-11)23-19(24)14(10-22)9-15-16(20)5-4-6-17(15)21/h4-9H,1-3H3,(H,23,24)/b14-9+. The van der Waals surface area contributed by atoms with E-state index in [0.717, 1.165) is 22.8 Å². The van der Waals surface area contributed by atoms with Gasteiger partial charge in [0.1, 0.15) is 17.5 Å². The van der Waals surface area contributed by atoms with Crippen LogP contribution in [0.5, 0.6) is 0 Å². The van der Waals surface area contributed by atoms with E-state index < -0.39 is 11.7 Å². The molecule has 24 heavy (non-hydrogen) atoms. The number of amides is 1. The Balaban J connectivity index is 2.38. The number of anilines is 1. The molecule has 0 saturated heterocycles. The van der Waals surface area contributed by atoms with Gasteiger partial charge >= 0.3 is 0 Å². The topological polar surface area (TPSA) is 52.9 Å². The molecule has 3 nitrogen and oxygen atoms in total. The zero-order valence-corrected chi connectivity index (χ0v) is 14.3. The van der Waals surface area contributed by atoms with Crippen molar-refractivity contribution in [2.24, 2.45) is 0 Å². The Kier molecular flexibility index (Phi) is 5.38. The Bertz CT molecular complexity index is 838. The van der Waals surface area contributed by atoms with Crippen LogP contribution in [0.3, 0.4) is 0 Å². The van der Waals surface area contributed by atoms with Crippen molar-refractivity contribution in [2.45, 2.75) is 20.8 Å². The third-order valence-corrected chi connectivity index (χ3v) is 3.90. The van der Waals surface area contributed by atoms with Crippen LogP contribution in [0, 0.1) is 37.9 Å². The van der Waals surface area contributed by atoms with Crippen LogP contribution < -0.4 is 5.32 Å². The Morgan fingerprint density at radius 1 is 1.25 bits per heavy atom. The average Bonchev–Trinajstić information content (AvgIpc) is 2.50. The third-order valence-electron chi connectivity index (χ3n) is 3.57. The highest BCUT2D eigenvalue weighted by molar-refractivity contribution is 6.32. The highest BCUT2D eigenvalue weighted by Crippen LogP contribution is 2.24. The normalized spacial score (nSPS) is 11.1. The minimum atomic E-state index is -0.605. The van der Waals surface area contributed by atoms with Crippen LogP contribution in [0.25, 0.3) is 6.08 Å². The van der Waals surface area contributed by atoms with Gasteiger partial charge in [0.15, 0.2) is 0 Å². The van der Waals surface area contributed by atoms with Gasteiger partial charge in [0.2, 0.25) is 0 Å². The molecular formula is C19H16ClFN2O. The molecule has 0 radical (unpaired) electrons. The van der Waals surface area contributed by atoms with Gasteiger partial charge < -0.3 is 5.32 Å². The second kappa shape index (κ2) is 7.29. The van der Waals surface area contributed by atoms with Crippen molar-refractivity contribution in [1.82, 2.24) is 0 Å². The van der Waals surface area contributed by atoms with Gasteiger partial charge in [0.05, 0.1) is 5.02 Å². The van der Waals surface area contributed by atoms with E-state index in [4.69, 9.17) is 11.6 Å². The van der Waals surface area contributed by atoms with Gasteiger partial charge in [-0.3, -0.25) is 4.79 Å². The van der Waals surface area contributed by atoms with E-state index in [-0.39, 0.29) is 16.2 Å². The van der Waals surface area contributed by atoms with Crippen LogP contribution in [0.15, 0.2) is 35.9 Å². The summed E-state index contributed by atoms with van der Waals surface area (Å²) in [5.74, 6) is -1.20. The lowest BCUT2D eigenvalue weighted by Crippen LogP contribution is -2.15. The summed E-state index contributed by atoms with van der Waals surface area (Å²) in [5.41, 5.74) is 3.30. The summed E-state index contributed by atoms with van der Waals surface area (Å²) in [7, 11) is 0. The second-order valence-corrected chi connectivity index (χ2v) is 5.94. The number of nitrogens with one attached hydrogen (secondary N) is 1. The maximum Gasteiger partial charge on any atom is 0.266 e. The number of nitrogens with zero attached hydrogens (tertiary/aromatic N) is 1. The lowest BCUT2D eigenvalue weighted by molar-refractivity contribution is -0.112. The van der Waals surface area contributed by atoms with Gasteiger partial charge in [0.25, 0.3) is 5.91 Å². The molecule has 0 heterocycles. The molecule has 2 aromatic carbocycles. The Morgan fingerprint density at radius 3 is 2.42 bits per heavy atom. The summed E-state index contributed by atoms with van der Waals surface area (Å²) >= 11 is 5.94. The Labute approximate surface area is 145 Å². The highest BCUT2D eigenvalue weighted by Gasteiger charge is 2.15. The molecule has 0 saturated carbocycles. The summed E-state index contributed by atoms with van der Waals surface area (Å²) in [6, 6.07) is 9.85. The largest absolute Gasteiger partial charge is 0.321 e. The molecule has 122 valence electrons. The van der Waals surface area contributed by atoms with Crippen LogP contribution in [-0.2, 0) is 4.79 Å². The van der Waals surface area contributed by atoms with Crippen molar-refractivity contribution in [3.63, 3.8) is 0 Å². The molecule has 0 aliphatic rings. The molecule has 0 aliphatic carbocycles. The number of rotatable bonds is 3. The van der Waals surface area contributed by atoms with Crippen LogP contribution in [-0.4, -0.2) is 5.91 Å². The van der Waals surface area contributed by atoms with Crippen molar-refractivity contribution >= 4 is 29.3 Å². The summed E-state index contributed by atoms with van der Waals surface area (Å²) in [4.78, 5) is 12.4. The highest BCUT2D eigenvalue weighted by atomic mass is 35.5. The monoisotopic (exact) mass is 342 g/mol. The van der Waals surface area contributed by atoms with Gasteiger partial charge in [-0.25, -0.2) is 4.39 Å². The predicted molar refractivity (Wildman–Crippen MR) is 94.3 cm³/mol. The average molecular weight is 343 g/mol. The lowest BCUT2D eigenvalue weighted by atomic mass is 10.0. The molecular weight excluding hydrogens is 327 g/mol. The molecule has 2 aromatic rings. The zero-order valence-electron chi connectivity index (χ0n) is 13.6. The molecule has 1 N–H and O–H groups in total. The van der Waals surface area contributed by atoms with E-state index in [9.17, 15) is 14.4 Å². The molecule has 0 aromatic heterocycles. The van der Waals surface area contributed by atoms with E-state index in [1.807, 2.05) is 32.9 Å². The van der Waals surface area contributed by atoms with Crippen molar-refractivity contribution in [2.75, 3.05) is 5.32 Å². The number of nitriles is 1. The first-order chi connectivity index (χ1) is 11.3. The zero-order chi connectivity index (χ0) is 17.9. The van der Waals surface area contributed by atoms with E-state index in [2.05, 4.69) is 5.32 Å². The van der Waals surface area contributed by atoms with Crippen molar-refractivity contribution in [3.05, 3.63) is 69.0 Å². The molecule has 2 rings (SSSR count). The van der Waals surface area contributed by atoms with Crippen LogP contribution in [0.4, 0.5) is 10.1 Å². The quantitative estimate of drug-likeness (QED) is 0.633. The molecule has 0 atom stereocenters. The van der Waals surface area contributed by atoms with Crippen LogP contribution >= 0.6 is 11.6 Å². The van der Waals surface area contributed by atoms with E-state index >= 15 is 0 Å². The predicted octanol–water partition coefficient (Wildman–Crippen LogP) is 4.95. The minimum Gasteiger partial charge on any atom is -0.321 e. The Hall–Kier alpha value is -2.64. The van der Waals surface area contributed by atoms with E-state index in [1.165, 1.54) is 18.2 Å².